The van der Waals surface area contributed by atoms with Gasteiger partial charge in [0.1, 0.15) is 11.4 Å². The maximum absolute atomic E-state index is 11.8. The highest BCUT2D eigenvalue weighted by Crippen LogP contribution is 2.65. The van der Waals surface area contributed by atoms with E-state index < -0.39 is 11.7 Å². The van der Waals surface area contributed by atoms with Crippen LogP contribution in [0.15, 0.2) is 18.2 Å². The van der Waals surface area contributed by atoms with Crippen LogP contribution in [0.3, 0.4) is 0 Å². The molecule has 1 aliphatic rings. The van der Waals surface area contributed by atoms with Crippen molar-refractivity contribution in [1.82, 2.24) is 0 Å². The molecule has 4 N–H and O–H groups in total. The zero-order valence-electron chi connectivity index (χ0n) is 13.9. The number of ether oxygens (including phenoxy) is 1. The molecule has 5 nitrogen and oxygen atoms in total. The number of carbonyl (C=O) groups is 1. The molecule has 0 aliphatic heterocycles. The van der Waals surface area contributed by atoms with Crippen LogP contribution in [0.5, 0.6) is 5.75 Å². The van der Waals surface area contributed by atoms with E-state index in [1.165, 1.54) is 0 Å². The highest BCUT2D eigenvalue weighted by Gasteiger charge is 2.58. The molecular weight excluding hydrogens is 280 g/mol. The molecular formula is C17H26N2O3. The molecule has 2 rings (SSSR count). The van der Waals surface area contributed by atoms with Crippen molar-refractivity contribution in [2.75, 3.05) is 11.9 Å². The summed E-state index contributed by atoms with van der Waals surface area (Å²) in [5.41, 5.74) is 6.76. The second-order valence-electron chi connectivity index (χ2n) is 7.54. The minimum atomic E-state index is -0.549. The van der Waals surface area contributed by atoms with E-state index in [0.29, 0.717) is 18.2 Å². The molecule has 0 bridgehead atoms. The lowest BCUT2D eigenvalue weighted by Crippen LogP contribution is -2.27. The van der Waals surface area contributed by atoms with Gasteiger partial charge in [-0.1, -0.05) is 13.8 Å². The Balaban J connectivity index is 2.17. The van der Waals surface area contributed by atoms with E-state index in [1.54, 1.807) is 18.2 Å². The van der Waals surface area contributed by atoms with Crippen molar-refractivity contribution in [3.05, 3.63) is 23.8 Å². The fourth-order valence-electron chi connectivity index (χ4n) is 3.10. The number of carbonyl (C=O) groups excluding carboxylic acids is 1. The summed E-state index contributed by atoms with van der Waals surface area (Å²) in [6.07, 6.45) is -0.505. The minimum Gasteiger partial charge on any atom is -0.508 e. The molecule has 0 heterocycles. The third-order valence-corrected chi connectivity index (χ3v) is 4.31. The summed E-state index contributed by atoms with van der Waals surface area (Å²) < 4.78 is 5.24. The van der Waals surface area contributed by atoms with Gasteiger partial charge in [-0.3, -0.25) is 5.32 Å². The molecule has 1 aliphatic carbocycles. The zero-order valence-corrected chi connectivity index (χ0v) is 13.9. The van der Waals surface area contributed by atoms with E-state index in [9.17, 15) is 9.90 Å². The van der Waals surface area contributed by atoms with Gasteiger partial charge in [0.25, 0.3) is 0 Å². The van der Waals surface area contributed by atoms with Crippen molar-refractivity contribution in [2.45, 2.75) is 46.1 Å². The van der Waals surface area contributed by atoms with Crippen LogP contribution in [0.4, 0.5) is 10.5 Å². The van der Waals surface area contributed by atoms with Gasteiger partial charge in [-0.25, -0.2) is 4.79 Å². The van der Waals surface area contributed by atoms with E-state index in [4.69, 9.17) is 10.5 Å². The lowest BCUT2D eigenvalue weighted by atomic mass is 10.0. The lowest BCUT2D eigenvalue weighted by molar-refractivity contribution is 0.0636. The third-order valence-electron chi connectivity index (χ3n) is 4.31. The van der Waals surface area contributed by atoms with Gasteiger partial charge in [-0.15, -0.1) is 0 Å². The van der Waals surface area contributed by atoms with Crippen LogP contribution in [0.2, 0.25) is 0 Å². The summed E-state index contributed by atoms with van der Waals surface area (Å²) in [5.74, 6) is 0.789. The second kappa shape index (κ2) is 5.47. The molecule has 2 atom stereocenters. The summed E-state index contributed by atoms with van der Waals surface area (Å²) in [7, 11) is 0. The topological polar surface area (TPSA) is 84.6 Å². The molecule has 22 heavy (non-hydrogen) atoms. The van der Waals surface area contributed by atoms with Crippen LogP contribution in [-0.4, -0.2) is 23.3 Å². The molecule has 0 saturated heterocycles. The summed E-state index contributed by atoms with van der Waals surface area (Å²) in [4.78, 5) is 11.8. The van der Waals surface area contributed by atoms with Gasteiger partial charge in [0.2, 0.25) is 0 Å². The first kappa shape index (κ1) is 16.6. The van der Waals surface area contributed by atoms with E-state index in [2.05, 4.69) is 19.2 Å². The van der Waals surface area contributed by atoms with Gasteiger partial charge in [0, 0.05) is 5.69 Å². The van der Waals surface area contributed by atoms with Gasteiger partial charge in [0.05, 0.1) is 0 Å². The summed E-state index contributed by atoms with van der Waals surface area (Å²) in [6, 6.07) is 5.07. The Morgan fingerprint density at radius 3 is 2.55 bits per heavy atom. The number of aromatic hydroxyl groups is 1. The molecule has 1 aromatic rings. The highest BCUT2D eigenvalue weighted by molar-refractivity contribution is 5.85. The van der Waals surface area contributed by atoms with Crippen LogP contribution in [-0.2, 0) is 4.74 Å². The Hall–Kier alpha value is -1.75. The van der Waals surface area contributed by atoms with Crippen molar-refractivity contribution < 1.29 is 14.6 Å². The lowest BCUT2D eigenvalue weighted by Gasteiger charge is -2.20. The number of hydrogen-bond donors (Lipinski definition) is 3. The fourth-order valence-corrected chi connectivity index (χ4v) is 3.10. The average Bonchev–Trinajstić information content (AvgIpc) is 2.91. The number of nitrogens with two attached hydrogens (primary N) is 1. The van der Waals surface area contributed by atoms with Gasteiger partial charge < -0.3 is 15.6 Å². The number of hydrogen-bond acceptors (Lipinski definition) is 4. The molecule has 0 radical (unpaired) electrons. The average molecular weight is 306 g/mol. The number of nitrogens with one attached hydrogen (secondary N) is 1. The zero-order chi connectivity index (χ0) is 16.7. The monoisotopic (exact) mass is 306 g/mol. The van der Waals surface area contributed by atoms with Crippen LogP contribution in [0.1, 0.15) is 46.1 Å². The standard InChI is InChI=1S/C17H26N2O3/c1-16(2,3)22-15(21)19-10-6-7-13(20)11(8-10)14-12(9-18)17(14,4)5/h6-8,12,14,20H,9,18H2,1-5H3,(H,19,21)/t12-,14-/m0/s1. The number of phenols is 1. The van der Waals surface area contributed by atoms with Crippen LogP contribution < -0.4 is 11.1 Å². The first-order valence-corrected chi connectivity index (χ1v) is 7.59. The van der Waals surface area contributed by atoms with Crippen molar-refractivity contribution in [1.29, 1.82) is 0 Å². The van der Waals surface area contributed by atoms with Crippen molar-refractivity contribution in [2.24, 2.45) is 17.1 Å². The number of phenolic OH excluding ortho intramolecular Hbond substituents is 1. The van der Waals surface area contributed by atoms with Crippen LogP contribution in [0, 0.1) is 11.3 Å². The molecule has 122 valence electrons. The molecule has 1 saturated carbocycles. The SMILES string of the molecule is CC(C)(C)OC(=O)Nc1ccc(O)c([C@H]2[C@H](CN)C2(C)C)c1. The van der Waals surface area contributed by atoms with Gasteiger partial charge in [0.15, 0.2) is 0 Å². The van der Waals surface area contributed by atoms with E-state index in [0.717, 1.165) is 5.56 Å². The van der Waals surface area contributed by atoms with E-state index in [-0.39, 0.29) is 17.1 Å². The summed E-state index contributed by atoms with van der Waals surface area (Å²) in [5, 5.41) is 12.8. The van der Waals surface area contributed by atoms with Crippen LogP contribution >= 0.6 is 0 Å². The quantitative estimate of drug-likeness (QED) is 0.747. The Morgan fingerprint density at radius 1 is 1.41 bits per heavy atom. The normalized spacial score (nSPS) is 23.0. The molecule has 5 heteroatoms. The molecule has 1 fully saturated rings. The van der Waals surface area contributed by atoms with Crippen LogP contribution in [0.25, 0.3) is 0 Å². The van der Waals surface area contributed by atoms with Crippen molar-refractivity contribution in [3.8, 4) is 5.75 Å². The summed E-state index contributed by atoms with van der Waals surface area (Å²) in [6.45, 7) is 10.3. The molecule has 0 aromatic heterocycles. The van der Waals surface area contributed by atoms with Crippen molar-refractivity contribution >= 4 is 11.8 Å². The first-order valence-electron chi connectivity index (χ1n) is 7.59. The predicted octanol–water partition coefficient (Wildman–Crippen LogP) is 3.44. The molecule has 1 aromatic carbocycles. The Bertz CT molecular complexity index is 576. The largest absolute Gasteiger partial charge is 0.508 e. The van der Waals surface area contributed by atoms with Gasteiger partial charge in [-0.05, 0) is 68.3 Å². The first-order chi connectivity index (χ1) is 10.1. The number of amides is 1. The highest BCUT2D eigenvalue weighted by atomic mass is 16.6. The molecule has 1 amide bonds. The Kier molecular flexibility index (Phi) is 4.13. The Morgan fingerprint density at radius 2 is 2.05 bits per heavy atom. The number of rotatable bonds is 3. The van der Waals surface area contributed by atoms with Crippen molar-refractivity contribution in [3.63, 3.8) is 0 Å². The summed E-state index contributed by atoms with van der Waals surface area (Å²) >= 11 is 0. The number of benzene rings is 1. The van der Waals surface area contributed by atoms with E-state index in [1.807, 2.05) is 20.8 Å². The van der Waals surface area contributed by atoms with Gasteiger partial charge in [-0.2, -0.15) is 0 Å². The Labute approximate surface area is 131 Å². The third kappa shape index (κ3) is 3.35. The fraction of sp³-hybridized carbons (Fsp3) is 0.588. The second-order valence-corrected chi connectivity index (χ2v) is 7.54. The van der Waals surface area contributed by atoms with Gasteiger partial charge >= 0.3 is 6.09 Å². The maximum atomic E-state index is 11.8. The van der Waals surface area contributed by atoms with E-state index >= 15 is 0 Å². The maximum Gasteiger partial charge on any atom is 0.412 e. The molecule has 0 unspecified atom stereocenters. The smallest absolute Gasteiger partial charge is 0.412 e. The minimum absolute atomic E-state index is 0.0662. The predicted molar refractivity (Wildman–Crippen MR) is 87.0 cm³/mol. The molecule has 0 spiro atoms. The number of anilines is 1.